The van der Waals surface area contributed by atoms with Crippen molar-refractivity contribution in [2.24, 2.45) is 0 Å². The van der Waals surface area contributed by atoms with E-state index >= 15 is 0 Å². The van der Waals surface area contributed by atoms with Crippen LogP contribution in [0.15, 0.2) is 36.4 Å². The molecule has 1 aromatic carbocycles. The number of amides is 1. The molecule has 3 rings (SSSR count). The van der Waals surface area contributed by atoms with Crippen molar-refractivity contribution in [1.29, 1.82) is 0 Å². The molecule has 2 aliphatic heterocycles. The van der Waals surface area contributed by atoms with Crippen LogP contribution < -0.4 is 9.47 Å². The SMILES string of the molecule is C[C@H]1CCCN1C(=O)/C=C/C=C/c1ccc2c(c1)OCO2. The van der Waals surface area contributed by atoms with Gasteiger partial charge in [-0.05, 0) is 37.5 Å². The number of allylic oxidation sites excluding steroid dienone is 2. The Labute approximate surface area is 124 Å². The van der Waals surface area contributed by atoms with E-state index in [0.29, 0.717) is 6.04 Å². The van der Waals surface area contributed by atoms with E-state index in [1.807, 2.05) is 35.3 Å². The normalized spacial score (nSPS) is 20.8. The van der Waals surface area contributed by atoms with Gasteiger partial charge in [-0.3, -0.25) is 4.79 Å². The number of carbonyl (C=O) groups is 1. The topological polar surface area (TPSA) is 38.8 Å². The van der Waals surface area contributed by atoms with Crippen LogP contribution in [-0.2, 0) is 4.79 Å². The highest BCUT2D eigenvalue weighted by Gasteiger charge is 2.22. The van der Waals surface area contributed by atoms with Crippen LogP contribution in [0.4, 0.5) is 0 Å². The average molecular weight is 285 g/mol. The molecular weight excluding hydrogens is 266 g/mol. The van der Waals surface area contributed by atoms with Gasteiger partial charge in [-0.25, -0.2) is 0 Å². The van der Waals surface area contributed by atoms with Crippen LogP contribution in [0.5, 0.6) is 11.5 Å². The summed E-state index contributed by atoms with van der Waals surface area (Å²) in [5.74, 6) is 1.64. The fraction of sp³-hybridized carbons (Fsp3) is 0.353. The summed E-state index contributed by atoms with van der Waals surface area (Å²) in [4.78, 5) is 13.9. The second-order valence-corrected chi connectivity index (χ2v) is 5.35. The van der Waals surface area contributed by atoms with Crippen LogP contribution in [0.2, 0.25) is 0 Å². The summed E-state index contributed by atoms with van der Waals surface area (Å²) < 4.78 is 10.6. The minimum absolute atomic E-state index is 0.0929. The number of carbonyl (C=O) groups excluding carboxylic acids is 1. The standard InChI is InChI=1S/C17H19NO3/c1-13-5-4-10-18(13)17(19)7-3-2-6-14-8-9-15-16(11-14)21-12-20-15/h2-3,6-9,11,13H,4-5,10,12H2,1H3/b6-2+,7-3+/t13-/m0/s1. The van der Waals surface area contributed by atoms with E-state index < -0.39 is 0 Å². The molecule has 0 unspecified atom stereocenters. The second-order valence-electron chi connectivity index (χ2n) is 5.35. The van der Waals surface area contributed by atoms with E-state index in [4.69, 9.17) is 9.47 Å². The largest absolute Gasteiger partial charge is 0.454 e. The Morgan fingerprint density at radius 2 is 2.14 bits per heavy atom. The van der Waals surface area contributed by atoms with Gasteiger partial charge >= 0.3 is 0 Å². The van der Waals surface area contributed by atoms with Gasteiger partial charge in [0.05, 0.1) is 0 Å². The van der Waals surface area contributed by atoms with Gasteiger partial charge in [-0.15, -0.1) is 0 Å². The van der Waals surface area contributed by atoms with Crippen molar-refractivity contribution in [2.75, 3.05) is 13.3 Å². The fourth-order valence-corrected chi connectivity index (χ4v) is 2.68. The zero-order valence-electron chi connectivity index (χ0n) is 12.1. The van der Waals surface area contributed by atoms with Gasteiger partial charge in [0.25, 0.3) is 0 Å². The lowest BCUT2D eigenvalue weighted by Gasteiger charge is -2.19. The lowest BCUT2D eigenvalue weighted by molar-refractivity contribution is -0.126. The molecule has 1 aromatic rings. The molecule has 0 saturated carbocycles. The van der Waals surface area contributed by atoms with Gasteiger partial charge < -0.3 is 14.4 Å². The Hall–Kier alpha value is -2.23. The van der Waals surface area contributed by atoms with Crippen molar-refractivity contribution in [1.82, 2.24) is 4.90 Å². The van der Waals surface area contributed by atoms with Crippen LogP contribution >= 0.6 is 0 Å². The summed E-state index contributed by atoms with van der Waals surface area (Å²) in [6.07, 6.45) is 9.44. The van der Waals surface area contributed by atoms with Crippen molar-refractivity contribution >= 4 is 12.0 Å². The Kier molecular flexibility index (Phi) is 3.95. The molecule has 4 heteroatoms. The first-order valence-corrected chi connectivity index (χ1v) is 7.29. The van der Waals surface area contributed by atoms with Gasteiger partial charge in [0, 0.05) is 18.7 Å². The van der Waals surface area contributed by atoms with E-state index in [0.717, 1.165) is 36.4 Å². The highest BCUT2D eigenvalue weighted by Crippen LogP contribution is 2.32. The minimum Gasteiger partial charge on any atom is -0.454 e. The molecular formula is C17H19NO3. The van der Waals surface area contributed by atoms with Gasteiger partial charge in [0.2, 0.25) is 12.7 Å². The number of nitrogens with zero attached hydrogens (tertiary/aromatic N) is 1. The van der Waals surface area contributed by atoms with Crippen molar-refractivity contribution < 1.29 is 14.3 Å². The first kappa shape index (κ1) is 13.7. The molecule has 1 fully saturated rings. The predicted molar refractivity (Wildman–Crippen MR) is 81.1 cm³/mol. The van der Waals surface area contributed by atoms with Crippen molar-refractivity contribution in [2.45, 2.75) is 25.8 Å². The molecule has 1 atom stereocenters. The lowest BCUT2D eigenvalue weighted by Crippen LogP contribution is -2.32. The third-order valence-corrected chi connectivity index (χ3v) is 3.87. The van der Waals surface area contributed by atoms with Crippen LogP contribution in [0.1, 0.15) is 25.3 Å². The molecule has 4 nitrogen and oxygen atoms in total. The number of hydrogen-bond donors (Lipinski definition) is 0. The summed E-state index contributed by atoms with van der Waals surface area (Å²) >= 11 is 0. The Morgan fingerprint density at radius 1 is 1.29 bits per heavy atom. The maximum Gasteiger partial charge on any atom is 0.246 e. The molecule has 0 N–H and O–H groups in total. The number of hydrogen-bond acceptors (Lipinski definition) is 3. The summed E-state index contributed by atoms with van der Waals surface area (Å²) in [5, 5.41) is 0. The molecule has 1 saturated heterocycles. The maximum absolute atomic E-state index is 12.0. The Morgan fingerprint density at radius 3 is 2.95 bits per heavy atom. The summed E-state index contributed by atoms with van der Waals surface area (Å²) in [5.41, 5.74) is 1.02. The summed E-state index contributed by atoms with van der Waals surface area (Å²) in [6.45, 7) is 3.25. The van der Waals surface area contributed by atoms with Gasteiger partial charge in [0.15, 0.2) is 11.5 Å². The average Bonchev–Trinajstić information content (AvgIpc) is 3.11. The molecule has 1 amide bonds. The minimum atomic E-state index is 0.0929. The fourth-order valence-electron chi connectivity index (χ4n) is 2.68. The monoisotopic (exact) mass is 285 g/mol. The van der Waals surface area contributed by atoms with Crippen LogP contribution in [0, 0.1) is 0 Å². The molecule has 110 valence electrons. The van der Waals surface area contributed by atoms with Crippen LogP contribution in [-0.4, -0.2) is 30.2 Å². The van der Waals surface area contributed by atoms with Gasteiger partial charge in [0.1, 0.15) is 0 Å². The van der Waals surface area contributed by atoms with E-state index in [2.05, 4.69) is 6.92 Å². The smallest absolute Gasteiger partial charge is 0.246 e. The first-order valence-electron chi connectivity index (χ1n) is 7.29. The van der Waals surface area contributed by atoms with Gasteiger partial charge in [-0.2, -0.15) is 0 Å². The Balaban J connectivity index is 1.59. The molecule has 0 aromatic heterocycles. The third kappa shape index (κ3) is 3.10. The number of ether oxygens (including phenoxy) is 2. The van der Waals surface area contributed by atoms with E-state index in [-0.39, 0.29) is 12.7 Å². The van der Waals surface area contributed by atoms with Crippen molar-refractivity contribution in [3.05, 3.63) is 42.0 Å². The summed E-state index contributed by atoms with van der Waals surface area (Å²) in [7, 11) is 0. The molecule has 0 aliphatic carbocycles. The highest BCUT2D eigenvalue weighted by atomic mass is 16.7. The number of fused-ring (bicyclic) bond motifs is 1. The van der Waals surface area contributed by atoms with Crippen LogP contribution in [0.25, 0.3) is 6.08 Å². The van der Waals surface area contributed by atoms with E-state index in [1.165, 1.54) is 0 Å². The molecule has 2 heterocycles. The molecule has 0 spiro atoms. The lowest BCUT2D eigenvalue weighted by atomic mass is 10.2. The zero-order valence-corrected chi connectivity index (χ0v) is 12.1. The first-order chi connectivity index (χ1) is 10.2. The van der Waals surface area contributed by atoms with Crippen molar-refractivity contribution in [3.63, 3.8) is 0 Å². The van der Waals surface area contributed by atoms with Gasteiger partial charge in [-0.1, -0.05) is 24.3 Å². The number of benzene rings is 1. The van der Waals surface area contributed by atoms with E-state index in [1.54, 1.807) is 12.2 Å². The third-order valence-electron chi connectivity index (χ3n) is 3.87. The molecule has 2 aliphatic rings. The zero-order chi connectivity index (χ0) is 14.7. The quantitative estimate of drug-likeness (QED) is 0.633. The van der Waals surface area contributed by atoms with Crippen LogP contribution in [0.3, 0.4) is 0 Å². The second kappa shape index (κ2) is 6.04. The molecule has 21 heavy (non-hydrogen) atoms. The van der Waals surface area contributed by atoms with Crippen molar-refractivity contribution in [3.8, 4) is 11.5 Å². The maximum atomic E-state index is 12.0. The number of likely N-dealkylation sites (tertiary alicyclic amines) is 1. The molecule has 0 bridgehead atoms. The Bertz CT molecular complexity index is 592. The van der Waals surface area contributed by atoms with E-state index in [9.17, 15) is 4.79 Å². The number of rotatable bonds is 3. The molecule has 0 radical (unpaired) electrons. The predicted octanol–water partition coefficient (Wildman–Crippen LogP) is 3.00. The highest BCUT2D eigenvalue weighted by molar-refractivity contribution is 5.88. The summed E-state index contributed by atoms with van der Waals surface area (Å²) in [6, 6.07) is 6.14.